The first-order chi connectivity index (χ1) is 21.5. The van der Waals surface area contributed by atoms with E-state index in [-0.39, 0.29) is 18.2 Å². The second kappa shape index (κ2) is 15.6. The van der Waals surface area contributed by atoms with Crippen molar-refractivity contribution in [1.82, 2.24) is 15.1 Å². The Bertz CT molecular complexity index is 1560. The van der Waals surface area contributed by atoms with Gasteiger partial charge >= 0.3 is 12.1 Å². The fourth-order valence-electron chi connectivity index (χ4n) is 5.41. The van der Waals surface area contributed by atoms with Crippen molar-refractivity contribution in [2.75, 3.05) is 13.1 Å². The number of carbonyl (C=O) groups is 2. The van der Waals surface area contributed by atoms with Gasteiger partial charge in [-0.1, -0.05) is 96.6 Å². The van der Waals surface area contributed by atoms with Gasteiger partial charge in [-0.3, -0.25) is 4.90 Å². The van der Waals surface area contributed by atoms with Crippen molar-refractivity contribution in [2.24, 2.45) is 5.73 Å². The number of nitrogens with two attached hydrogens (primary N) is 1. The van der Waals surface area contributed by atoms with Crippen LogP contribution < -0.4 is 11.1 Å². The monoisotopic (exact) mass is 608 g/mol. The van der Waals surface area contributed by atoms with Crippen molar-refractivity contribution in [2.45, 2.75) is 78.7 Å². The van der Waals surface area contributed by atoms with E-state index in [1.165, 1.54) is 0 Å². The number of unbranched alkanes of at least 4 members (excludes halogenated alkanes) is 1. The van der Waals surface area contributed by atoms with Crippen LogP contribution in [0.3, 0.4) is 0 Å². The van der Waals surface area contributed by atoms with Gasteiger partial charge in [-0.15, -0.1) is 0 Å². The summed E-state index contributed by atoms with van der Waals surface area (Å²) in [6, 6.07) is 30.5. The second-order valence-corrected chi connectivity index (χ2v) is 12.8. The molecule has 4 aromatic rings. The van der Waals surface area contributed by atoms with Gasteiger partial charge in [0.05, 0.1) is 6.04 Å². The van der Waals surface area contributed by atoms with Gasteiger partial charge in [0.1, 0.15) is 5.60 Å². The number of ether oxygens (including phenoxy) is 1. The second-order valence-electron chi connectivity index (χ2n) is 12.8. The van der Waals surface area contributed by atoms with E-state index in [2.05, 4.69) is 35.6 Å². The molecule has 7 nitrogen and oxygen atoms in total. The molecule has 0 spiro atoms. The normalized spacial score (nSPS) is 12.0. The Morgan fingerprint density at radius 2 is 1.42 bits per heavy atom. The summed E-state index contributed by atoms with van der Waals surface area (Å²) >= 11 is 0. The van der Waals surface area contributed by atoms with E-state index in [0.29, 0.717) is 32.7 Å². The van der Waals surface area contributed by atoms with E-state index in [0.717, 1.165) is 51.4 Å². The van der Waals surface area contributed by atoms with Gasteiger partial charge in [0.15, 0.2) is 0 Å². The van der Waals surface area contributed by atoms with Crippen LogP contribution in [-0.2, 0) is 24.4 Å². The van der Waals surface area contributed by atoms with Crippen LogP contribution >= 0.6 is 0 Å². The minimum absolute atomic E-state index is 0.106. The first-order valence-corrected chi connectivity index (χ1v) is 15.9. The van der Waals surface area contributed by atoms with Crippen LogP contribution in [0.2, 0.25) is 0 Å². The Kier molecular flexibility index (Phi) is 11.6. The minimum Gasteiger partial charge on any atom is -0.444 e. The van der Waals surface area contributed by atoms with Crippen molar-refractivity contribution in [3.63, 3.8) is 0 Å². The molecule has 0 saturated heterocycles. The van der Waals surface area contributed by atoms with Crippen LogP contribution in [0.1, 0.15) is 74.4 Å². The Labute approximate surface area is 268 Å². The molecule has 1 atom stereocenters. The summed E-state index contributed by atoms with van der Waals surface area (Å²) in [4.78, 5) is 30.3. The third-order valence-electron chi connectivity index (χ3n) is 7.68. The van der Waals surface area contributed by atoms with E-state index in [4.69, 9.17) is 10.5 Å². The van der Waals surface area contributed by atoms with Crippen molar-refractivity contribution < 1.29 is 14.3 Å². The molecule has 0 radical (unpaired) electrons. The number of rotatable bonds is 12. The standard InChI is InChI=1S/C38H48N4O3/c1-28-12-10-13-32(24-28)27-42(37(44)45-38(3,4)5)26-31-20-18-30(19-21-31)25-41(23-9-8-22-39)36(43)40-29(2)34-17-11-15-33-14-6-7-16-35(33)34/h6-7,10-21,24,29H,8-9,22-23,25-27,39H2,1-5H3,(H,40,43)/t29-/m0/s1. The van der Waals surface area contributed by atoms with E-state index in [9.17, 15) is 9.59 Å². The van der Waals surface area contributed by atoms with Gasteiger partial charge < -0.3 is 20.7 Å². The van der Waals surface area contributed by atoms with Gasteiger partial charge in [-0.2, -0.15) is 0 Å². The fourth-order valence-corrected chi connectivity index (χ4v) is 5.41. The van der Waals surface area contributed by atoms with Crippen LogP contribution in [0.4, 0.5) is 9.59 Å². The number of carbonyl (C=O) groups excluding carboxylic acids is 2. The van der Waals surface area contributed by atoms with Gasteiger partial charge in [0.2, 0.25) is 0 Å². The number of amides is 3. The summed E-state index contributed by atoms with van der Waals surface area (Å²) in [5.74, 6) is 0. The topological polar surface area (TPSA) is 87.9 Å². The maximum atomic E-state index is 13.6. The summed E-state index contributed by atoms with van der Waals surface area (Å²) in [7, 11) is 0. The lowest BCUT2D eigenvalue weighted by Gasteiger charge is -2.28. The average Bonchev–Trinajstić information content (AvgIpc) is 3.00. The molecule has 7 heteroatoms. The number of fused-ring (bicyclic) bond motifs is 1. The lowest BCUT2D eigenvalue weighted by molar-refractivity contribution is 0.0216. The minimum atomic E-state index is -0.592. The van der Waals surface area contributed by atoms with Crippen molar-refractivity contribution in [3.05, 3.63) is 119 Å². The highest BCUT2D eigenvalue weighted by atomic mass is 16.6. The summed E-state index contributed by atoms with van der Waals surface area (Å²) in [6.07, 6.45) is 1.33. The molecule has 0 aromatic heterocycles. The van der Waals surface area contributed by atoms with Gasteiger partial charge in [-0.25, -0.2) is 9.59 Å². The van der Waals surface area contributed by atoms with Crippen molar-refractivity contribution >= 4 is 22.9 Å². The van der Waals surface area contributed by atoms with E-state index >= 15 is 0 Å². The predicted molar refractivity (Wildman–Crippen MR) is 183 cm³/mol. The van der Waals surface area contributed by atoms with Crippen molar-refractivity contribution in [1.29, 1.82) is 0 Å². The first kappa shape index (κ1) is 33.5. The predicted octanol–water partition coefficient (Wildman–Crippen LogP) is 8.10. The zero-order valence-corrected chi connectivity index (χ0v) is 27.4. The number of nitrogens with zero attached hydrogens (tertiary/aromatic N) is 2. The number of hydrogen-bond donors (Lipinski definition) is 2. The summed E-state index contributed by atoms with van der Waals surface area (Å²) < 4.78 is 5.74. The van der Waals surface area contributed by atoms with Crippen LogP contribution in [0.25, 0.3) is 10.8 Å². The van der Waals surface area contributed by atoms with Gasteiger partial charge in [0, 0.05) is 26.2 Å². The lowest BCUT2D eigenvalue weighted by Crippen LogP contribution is -2.41. The summed E-state index contributed by atoms with van der Waals surface area (Å²) in [5.41, 5.74) is 10.5. The van der Waals surface area contributed by atoms with Crippen LogP contribution in [0.15, 0.2) is 91.0 Å². The van der Waals surface area contributed by atoms with Crippen LogP contribution in [0, 0.1) is 6.92 Å². The van der Waals surface area contributed by atoms with E-state index in [1.807, 2.05) is 100 Å². The number of nitrogens with one attached hydrogen (secondary N) is 1. The molecular formula is C38H48N4O3. The molecule has 4 aromatic carbocycles. The molecule has 0 heterocycles. The number of urea groups is 1. The van der Waals surface area contributed by atoms with E-state index in [1.54, 1.807) is 4.90 Å². The highest BCUT2D eigenvalue weighted by Crippen LogP contribution is 2.24. The molecule has 0 saturated carbocycles. The highest BCUT2D eigenvalue weighted by Gasteiger charge is 2.23. The maximum Gasteiger partial charge on any atom is 0.410 e. The zero-order valence-electron chi connectivity index (χ0n) is 27.4. The Hall–Kier alpha value is -4.36. The molecule has 45 heavy (non-hydrogen) atoms. The SMILES string of the molecule is Cc1cccc(CN(Cc2ccc(CN(CCCCN)C(=O)N[C@@H](C)c3cccc4ccccc34)cc2)C(=O)OC(C)(C)C)c1. The summed E-state index contributed by atoms with van der Waals surface area (Å²) in [5, 5.41) is 5.52. The molecule has 0 aliphatic rings. The third-order valence-corrected chi connectivity index (χ3v) is 7.68. The molecule has 4 rings (SSSR count). The Morgan fingerprint density at radius 3 is 2.09 bits per heavy atom. The van der Waals surface area contributed by atoms with E-state index < -0.39 is 5.60 Å². The molecule has 3 amide bonds. The maximum absolute atomic E-state index is 13.6. The quantitative estimate of drug-likeness (QED) is 0.159. The molecule has 3 N–H and O–H groups in total. The molecule has 0 bridgehead atoms. The molecule has 0 unspecified atom stereocenters. The Morgan fingerprint density at radius 1 is 0.800 bits per heavy atom. The van der Waals surface area contributed by atoms with Gasteiger partial charge in [0.25, 0.3) is 0 Å². The molecular weight excluding hydrogens is 560 g/mol. The zero-order chi connectivity index (χ0) is 32.4. The highest BCUT2D eigenvalue weighted by molar-refractivity contribution is 5.86. The molecule has 0 aliphatic heterocycles. The summed E-state index contributed by atoms with van der Waals surface area (Å²) in [6.45, 7) is 12.2. The first-order valence-electron chi connectivity index (χ1n) is 15.9. The molecule has 0 fully saturated rings. The number of aryl methyl sites for hydroxylation is 1. The molecule has 238 valence electrons. The Balaban J connectivity index is 1.46. The third kappa shape index (κ3) is 10.1. The van der Waals surface area contributed by atoms with Crippen molar-refractivity contribution in [3.8, 4) is 0 Å². The lowest BCUT2D eigenvalue weighted by atomic mass is 10.00. The largest absolute Gasteiger partial charge is 0.444 e. The van der Waals surface area contributed by atoms with Gasteiger partial charge in [-0.05, 0) is 87.0 Å². The number of benzene rings is 4. The molecule has 0 aliphatic carbocycles. The fraction of sp³-hybridized carbons (Fsp3) is 0.368. The van der Waals surface area contributed by atoms with Crippen LogP contribution in [-0.4, -0.2) is 40.6 Å². The smallest absolute Gasteiger partial charge is 0.410 e. The van der Waals surface area contributed by atoms with Crippen LogP contribution in [0.5, 0.6) is 0 Å². The number of hydrogen-bond acceptors (Lipinski definition) is 4. The average molecular weight is 609 g/mol.